The summed E-state index contributed by atoms with van der Waals surface area (Å²) in [5, 5.41) is 3.13. The zero-order valence-corrected chi connectivity index (χ0v) is 27.0. The Bertz CT molecular complexity index is 1550. The Morgan fingerprint density at radius 1 is 0.886 bits per heavy atom. The molecule has 0 radical (unpaired) electrons. The summed E-state index contributed by atoms with van der Waals surface area (Å²) >= 11 is 0. The number of anilines is 1. The van der Waals surface area contributed by atoms with Gasteiger partial charge in [0.05, 0.1) is 24.8 Å². The topological polar surface area (TPSA) is 105 Å². The van der Waals surface area contributed by atoms with Crippen LogP contribution in [0.25, 0.3) is 0 Å². The molecule has 2 amide bonds. The summed E-state index contributed by atoms with van der Waals surface area (Å²) in [7, 11) is -1.25. The highest BCUT2D eigenvalue weighted by atomic mass is 32.2. The van der Waals surface area contributed by atoms with Crippen LogP contribution in [0.3, 0.4) is 0 Å². The Morgan fingerprint density at radius 2 is 1.57 bits per heavy atom. The standard InChI is InChI=1S/C34H43N3O6S/c1-24-14-17-30(18-15-24)44(40,41)37(29-16-19-31(42-4)32(21-29)43-5)23-33(38)36(22-27-11-9-10-25(2)20-27)26(3)34(39)35-28-12-7-6-8-13-28/h9-11,14-21,26,28H,6-8,12-13,22-23H2,1-5H3,(H,35,39)/t26-/m1/s1. The SMILES string of the molecule is COc1ccc(N(CC(=O)N(Cc2cccc(C)c2)[C@H](C)C(=O)NC2CCCCC2)S(=O)(=O)c2ccc(C)cc2)cc1OC. The molecule has 0 bridgehead atoms. The van der Waals surface area contributed by atoms with Gasteiger partial charge >= 0.3 is 0 Å². The summed E-state index contributed by atoms with van der Waals surface area (Å²) in [6.07, 6.45) is 5.09. The minimum absolute atomic E-state index is 0.0407. The van der Waals surface area contributed by atoms with E-state index < -0.39 is 28.5 Å². The number of sulfonamides is 1. The van der Waals surface area contributed by atoms with E-state index in [9.17, 15) is 18.0 Å². The second-order valence-electron chi connectivity index (χ2n) is 11.4. The Labute approximate surface area is 261 Å². The number of hydrogen-bond acceptors (Lipinski definition) is 6. The van der Waals surface area contributed by atoms with Crippen LogP contribution in [0.5, 0.6) is 11.5 Å². The average molecular weight is 622 g/mol. The van der Waals surface area contributed by atoms with E-state index in [1.54, 1.807) is 31.2 Å². The predicted octanol–water partition coefficient (Wildman–Crippen LogP) is 5.38. The van der Waals surface area contributed by atoms with Crippen LogP contribution < -0.4 is 19.1 Å². The first kappa shape index (κ1) is 32.9. The maximum absolute atomic E-state index is 14.2. The van der Waals surface area contributed by atoms with Crippen molar-refractivity contribution in [2.24, 2.45) is 0 Å². The van der Waals surface area contributed by atoms with Crippen LogP contribution in [0.15, 0.2) is 71.6 Å². The summed E-state index contributed by atoms with van der Waals surface area (Å²) in [5.74, 6) is -0.0250. The fraction of sp³-hybridized carbons (Fsp3) is 0.412. The van der Waals surface area contributed by atoms with Crippen molar-refractivity contribution in [3.63, 3.8) is 0 Å². The molecule has 0 saturated heterocycles. The zero-order valence-electron chi connectivity index (χ0n) is 26.2. The summed E-state index contributed by atoms with van der Waals surface area (Å²) in [6, 6.07) is 18.1. The van der Waals surface area contributed by atoms with Gasteiger partial charge in [-0.05, 0) is 63.4 Å². The van der Waals surface area contributed by atoms with E-state index in [1.807, 2.05) is 38.1 Å². The van der Waals surface area contributed by atoms with Crippen molar-refractivity contribution in [2.45, 2.75) is 76.4 Å². The predicted molar refractivity (Wildman–Crippen MR) is 171 cm³/mol. The number of ether oxygens (including phenoxy) is 2. The van der Waals surface area contributed by atoms with E-state index in [4.69, 9.17) is 9.47 Å². The molecule has 3 aromatic carbocycles. The first-order valence-corrected chi connectivity index (χ1v) is 16.4. The molecule has 0 unspecified atom stereocenters. The Balaban J connectivity index is 1.72. The molecule has 0 aromatic heterocycles. The molecule has 1 saturated carbocycles. The number of methoxy groups -OCH3 is 2. The molecule has 1 atom stereocenters. The fourth-order valence-corrected chi connectivity index (χ4v) is 6.91. The van der Waals surface area contributed by atoms with Gasteiger partial charge in [-0.15, -0.1) is 0 Å². The lowest BCUT2D eigenvalue weighted by molar-refractivity contribution is -0.139. The molecule has 1 aliphatic rings. The van der Waals surface area contributed by atoms with E-state index in [0.29, 0.717) is 11.5 Å². The second-order valence-corrected chi connectivity index (χ2v) is 13.3. The van der Waals surface area contributed by atoms with Crippen LogP contribution in [0, 0.1) is 13.8 Å². The van der Waals surface area contributed by atoms with Gasteiger partial charge < -0.3 is 19.7 Å². The molecule has 44 heavy (non-hydrogen) atoms. The second kappa shape index (κ2) is 14.6. The lowest BCUT2D eigenvalue weighted by Gasteiger charge is -2.33. The van der Waals surface area contributed by atoms with Gasteiger partial charge in [-0.1, -0.05) is 66.8 Å². The normalized spacial score (nSPS) is 14.4. The Morgan fingerprint density at radius 3 is 2.20 bits per heavy atom. The van der Waals surface area contributed by atoms with Gasteiger partial charge in [-0.25, -0.2) is 8.42 Å². The van der Waals surface area contributed by atoms with Gasteiger partial charge in [-0.3, -0.25) is 13.9 Å². The van der Waals surface area contributed by atoms with Crippen LogP contribution in [-0.2, 0) is 26.2 Å². The van der Waals surface area contributed by atoms with Gasteiger partial charge in [0.1, 0.15) is 12.6 Å². The van der Waals surface area contributed by atoms with Crippen molar-refractivity contribution in [1.29, 1.82) is 0 Å². The number of amides is 2. The van der Waals surface area contributed by atoms with Gasteiger partial charge in [0.25, 0.3) is 10.0 Å². The minimum atomic E-state index is -4.20. The largest absolute Gasteiger partial charge is 0.493 e. The molecule has 1 aliphatic carbocycles. The molecule has 0 aliphatic heterocycles. The van der Waals surface area contributed by atoms with Crippen LogP contribution >= 0.6 is 0 Å². The number of nitrogens with one attached hydrogen (secondary N) is 1. The molecule has 10 heteroatoms. The number of rotatable bonds is 12. The number of aryl methyl sites for hydroxylation is 2. The van der Waals surface area contributed by atoms with Crippen molar-refractivity contribution in [3.05, 3.63) is 83.4 Å². The number of benzene rings is 3. The number of hydrogen-bond donors (Lipinski definition) is 1. The van der Waals surface area contributed by atoms with Gasteiger partial charge in [0, 0.05) is 18.7 Å². The third kappa shape index (κ3) is 7.91. The monoisotopic (exact) mass is 621 g/mol. The molecule has 9 nitrogen and oxygen atoms in total. The first-order chi connectivity index (χ1) is 21.0. The maximum Gasteiger partial charge on any atom is 0.264 e. The molecule has 1 fully saturated rings. The van der Waals surface area contributed by atoms with E-state index in [-0.39, 0.29) is 29.1 Å². The lowest BCUT2D eigenvalue weighted by Crippen LogP contribution is -2.53. The van der Waals surface area contributed by atoms with Crippen molar-refractivity contribution in [2.75, 3.05) is 25.1 Å². The van der Waals surface area contributed by atoms with Crippen molar-refractivity contribution in [3.8, 4) is 11.5 Å². The van der Waals surface area contributed by atoms with Crippen LogP contribution in [0.4, 0.5) is 5.69 Å². The maximum atomic E-state index is 14.2. The summed E-state index contributed by atoms with van der Waals surface area (Å²) in [4.78, 5) is 29.3. The molecular formula is C34H43N3O6S. The summed E-state index contributed by atoms with van der Waals surface area (Å²) < 4.78 is 40.1. The van der Waals surface area contributed by atoms with Crippen molar-refractivity contribution < 1.29 is 27.5 Å². The van der Waals surface area contributed by atoms with Gasteiger partial charge in [-0.2, -0.15) is 0 Å². The molecular weight excluding hydrogens is 578 g/mol. The van der Waals surface area contributed by atoms with E-state index >= 15 is 0 Å². The highest BCUT2D eigenvalue weighted by molar-refractivity contribution is 7.92. The smallest absolute Gasteiger partial charge is 0.264 e. The lowest BCUT2D eigenvalue weighted by atomic mass is 9.95. The average Bonchev–Trinajstić information content (AvgIpc) is 3.02. The summed E-state index contributed by atoms with van der Waals surface area (Å²) in [6.45, 7) is 5.14. The first-order valence-electron chi connectivity index (χ1n) is 15.0. The fourth-order valence-electron chi connectivity index (χ4n) is 5.50. The van der Waals surface area contributed by atoms with Crippen LogP contribution in [-0.4, -0.2) is 58.0 Å². The summed E-state index contributed by atoms with van der Waals surface area (Å²) in [5.41, 5.74) is 2.99. The molecule has 236 valence electrons. The number of carbonyl (C=O) groups is 2. The van der Waals surface area contributed by atoms with Crippen molar-refractivity contribution >= 4 is 27.5 Å². The minimum Gasteiger partial charge on any atom is -0.493 e. The van der Waals surface area contributed by atoms with Crippen LogP contribution in [0.1, 0.15) is 55.7 Å². The molecule has 0 spiro atoms. The highest BCUT2D eigenvalue weighted by Gasteiger charge is 2.33. The quantitative estimate of drug-likeness (QED) is 0.291. The molecule has 0 heterocycles. The molecule has 1 N–H and O–H groups in total. The van der Waals surface area contributed by atoms with E-state index in [0.717, 1.165) is 53.1 Å². The Kier molecular flexibility index (Phi) is 10.9. The van der Waals surface area contributed by atoms with Gasteiger partial charge in [0.15, 0.2) is 11.5 Å². The number of carbonyl (C=O) groups excluding carboxylic acids is 2. The third-order valence-corrected chi connectivity index (χ3v) is 9.89. The highest BCUT2D eigenvalue weighted by Crippen LogP contribution is 2.34. The van der Waals surface area contributed by atoms with Gasteiger partial charge in [0.2, 0.25) is 11.8 Å². The molecule has 3 aromatic rings. The molecule has 4 rings (SSSR count). The van der Waals surface area contributed by atoms with E-state index in [1.165, 1.54) is 37.3 Å². The number of nitrogens with zero attached hydrogens (tertiary/aromatic N) is 2. The van der Waals surface area contributed by atoms with Crippen molar-refractivity contribution in [1.82, 2.24) is 10.2 Å². The van der Waals surface area contributed by atoms with E-state index in [2.05, 4.69) is 5.32 Å². The Hall–Kier alpha value is -4.05. The zero-order chi connectivity index (χ0) is 31.9. The third-order valence-electron chi connectivity index (χ3n) is 8.10. The van der Waals surface area contributed by atoms with Crippen LogP contribution in [0.2, 0.25) is 0 Å².